The van der Waals surface area contributed by atoms with Gasteiger partial charge in [0.25, 0.3) is 0 Å². The number of amides is 1. The largest absolute Gasteiger partial charge is 0.459 e. The van der Waals surface area contributed by atoms with Crippen molar-refractivity contribution in [2.45, 2.75) is 64.3 Å². The molecule has 0 aromatic rings. The molecule has 1 heterocycles. The molecule has 2 unspecified atom stereocenters. The molecular formula is C21H34N2O5. The van der Waals surface area contributed by atoms with Gasteiger partial charge in [0.1, 0.15) is 6.10 Å². The van der Waals surface area contributed by atoms with Crippen LogP contribution in [0.4, 0.5) is 0 Å². The van der Waals surface area contributed by atoms with E-state index in [1.807, 2.05) is 6.92 Å². The summed E-state index contributed by atoms with van der Waals surface area (Å²) in [6, 6.07) is 0. The molecule has 0 spiro atoms. The standard InChI is InChI=1S/C21H34N2O5/c1-5-6-7-8-9-10-17(2)13-20(25)28-18-11-12-27-21(26,14-18)19(22-3)15-23(4)16-24/h7-8,13,15-16,18,22,26H,5-6,9-12,14H2,1-4H3/b8-7-,17-13-,19-15-. The quantitative estimate of drug-likeness (QED) is 0.242. The van der Waals surface area contributed by atoms with E-state index in [1.165, 1.54) is 17.2 Å². The van der Waals surface area contributed by atoms with Crippen molar-refractivity contribution < 1.29 is 24.2 Å². The van der Waals surface area contributed by atoms with Gasteiger partial charge in [-0.05, 0) is 26.2 Å². The Hall–Kier alpha value is -2.12. The first kappa shape index (κ1) is 23.9. The van der Waals surface area contributed by atoms with Crippen LogP contribution in [0.3, 0.4) is 0 Å². The minimum absolute atomic E-state index is 0.0880. The van der Waals surface area contributed by atoms with Gasteiger partial charge >= 0.3 is 5.97 Å². The van der Waals surface area contributed by atoms with Gasteiger partial charge in [0, 0.05) is 39.2 Å². The Bertz CT molecular complexity index is 600. The minimum atomic E-state index is -1.64. The number of nitrogens with zero attached hydrogens (tertiary/aromatic N) is 1. The van der Waals surface area contributed by atoms with Gasteiger partial charge in [0.05, 0.1) is 12.3 Å². The molecule has 1 aliphatic heterocycles. The van der Waals surface area contributed by atoms with Crippen molar-refractivity contribution in [2.75, 3.05) is 20.7 Å². The maximum atomic E-state index is 12.2. The van der Waals surface area contributed by atoms with Crippen LogP contribution in [0.1, 0.15) is 52.4 Å². The molecule has 1 rings (SSSR count). The summed E-state index contributed by atoms with van der Waals surface area (Å²) in [5.74, 6) is -2.05. The Labute approximate surface area is 168 Å². The summed E-state index contributed by atoms with van der Waals surface area (Å²) in [7, 11) is 3.18. The van der Waals surface area contributed by atoms with E-state index < -0.39 is 17.9 Å². The summed E-state index contributed by atoms with van der Waals surface area (Å²) in [5, 5.41) is 13.7. The lowest BCUT2D eigenvalue weighted by atomic mass is 9.99. The van der Waals surface area contributed by atoms with E-state index >= 15 is 0 Å². The first-order valence-corrected chi connectivity index (χ1v) is 9.81. The number of hydrogen-bond acceptors (Lipinski definition) is 6. The molecular weight excluding hydrogens is 360 g/mol. The Morgan fingerprint density at radius 3 is 2.75 bits per heavy atom. The third-order valence-electron chi connectivity index (χ3n) is 4.45. The van der Waals surface area contributed by atoms with Gasteiger partial charge in [-0.2, -0.15) is 0 Å². The molecule has 2 N–H and O–H groups in total. The number of allylic oxidation sites excluding steroid dienone is 3. The zero-order valence-electron chi connectivity index (χ0n) is 17.4. The van der Waals surface area contributed by atoms with Gasteiger partial charge in [0.2, 0.25) is 12.2 Å². The van der Waals surface area contributed by atoms with Crippen molar-refractivity contribution in [1.29, 1.82) is 0 Å². The number of carbonyl (C=O) groups excluding carboxylic acids is 2. The number of nitrogens with one attached hydrogen (secondary N) is 1. The van der Waals surface area contributed by atoms with E-state index in [0.29, 0.717) is 18.5 Å². The van der Waals surface area contributed by atoms with Crippen LogP contribution in [0.15, 0.2) is 35.7 Å². The van der Waals surface area contributed by atoms with Crippen molar-refractivity contribution in [3.63, 3.8) is 0 Å². The van der Waals surface area contributed by atoms with Crippen LogP contribution in [0.5, 0.6) is 0 Å². The van der Waals surface area contributed by atoms with Crippen molar-refractivity contribution in [3.05, 3.63) is 35.7 Å². The molecule has 0 saturated carbocycles. The lowest BCUT2D eigenvalue weighted by Gasteiger charge is -2.37. The van der Waals surface area contributed by atoms with Crippen molar-refractivity contribution in [2.24, 2.45) is 0 Å². The molecule has 0 bridgehead atoms. The van der Waals surface area contributed by atoms with Crippen LogP contribution in [-0.4, -0.2) is 55.0 Å². The van der Waals surface area contributed by atoms with E-state index in [0.717, 1.165) is 31.3 Å². The van der Waals surface area contributed by atoms with E-state index in [1.54, 1.807) is 14.1 Å². The average molecular weight is 395 g/mol. The molecule has 28 heavy (non-hydrogen) atoms. The molecule has 1 fully saturated rings. The van der Waals surface area contributed by atoms with E-state index in [4.69, 9.17) is 9.47 Å². The van der Waals surface area contributed by atoms with E-state index in [-0.39, 0.29) is 13.0 Å². The number of likely N-dealkylation sites (N-methyl/N-ethyl adjacent to an activating group) is 1. The van der Waals surface area contributed by atoms with Gasteiger partial charge in [-0.1, -0.05) is 31.1 Å². The van der Waals surface area contributed by atoms with Crippen LogP contribution < -0.4 is 5.32 Å². The van der Waals surface area contributed by atoms with Crippen LogP contribution in [-0.2, 0) is 19.1 Å². The number of ether oxygens (including phenoxy) is 2. The molecule has 0 radical (unpaired) electrons. The molecule has 1 saturated heterocycles. The number of aliphatic hydroxyl groups is 1. The van der Waals surface area contributed by atoms with Crippen LogP contribution in [0, 0.1) is 0 Å². The second-order valence-corrected chi connectivity index (χ2v) is 7.04. The number of rotatable bonds is 11. The molecule has 1 aliphatic rings. The summed E-state index contributed by atoms with van der Waals surface area (Å²) in [4.78, 5) is 24.3. The normalized spacial score (nSPS) is 23.5. The predicted molar refractivity (Wildman–Crippen MR) is 108 cm³/mol. The highest BCUT2D eigenvalue weighted by Crippen LogP contribution is 2.30. The SMILES string of the molecule is CCC/C=C\CC/C(C)=C\C(=O)OC1CCOC(O)(/C(=C/N(C)C=O)NC)C1. The molecule has 158 valence electrons. The van der Waals surface area contributed by atoms with Crippen LogP contribution in [0.2, 0.25) is 0 Å². The van der Waals surface area contributed by atoms with Crippen LogP contribution >= 0.6 is 0 Å². The lowest BCUT2D eigenvalue weighted by Crippen LogP contribution is -2.48. The number of carbonyl (C=O) groups is 2. The maximum Gasteiger partial charge on any atom is 0.330 e. The van der Waals surface area contributed by atoms with Gasteiger partial charge in [-0.15, -0.1) is 0 Å². The molecule has 0 aromatic heterocycles. The third kappa shape index (κ3) is 8.27. The third-order valence-corrected chi connectivity index (χ3v) is 4.45. The zero-order valence-corrected chi connectivity index (χ0v) is 17.4. The summed E-state index contributed by atoms with van der Waals surface area (Å²) in [5.41, 5.74) is 1.28. The van der Waals surface area contributed by atoms with E-state index in [2.05, 4.69) is 24.4 Å². The molecule has 7 heteroatoms. The Balaban J connectivity index is 2.64. The monoisotopic (exact) mass is 394 g/mol. The Kier molecular flexibility index (Phi) is 10.6. The average Bonchev–Trinajstić information content (AvgIpc) is 2.65. The summed E-state index contributed by atoms with van der Waals surface area (Å²) in [6.45, 7) is 4.29. The maximum absolute atomic E-state index is 12.2. The predicted octanol–water partition coefficient (Wildman–Crippen LogP) is 2.63. The first-order valence-electron chi connectivity index (χ1n) is 9.81. The fourth-order valence-corrected chi connectivity index (χ4v) is 2.90. The van der Waals surface area contributed by atoms with Gasteiger partial charge in [0.15, 0.2) is 0 Å². The fourth-order valence-electron chi connectivity index (χ4n) is 2.90. The second kappa shape index (κ2) is 12.4. The second-order valence-electron chi connectivity index (χ2n) is 7.04. The number of hydrogen-bond donors (Lipinski definition) is 2. The van der Waals surface area contributed by atoms with Crippen molar-refractivity contribution in [3.8, 4) is 0 Å². The number of unbranched alkanes of at least 4 members (excludes halogenated alkanes) is 1. The minimum Gasteiger partial charge on any atom is -0.459 e. The smallest absolute Gasteiger partial charge is 0.330 e. The number of esters is 1. The molecule has 7 nitrogen and oxygen atoms in total. The Morgan fingerprint density at radius 1 is 1.39 bits per heavy atom. The zero-order chi connectivity index (χ0) is 21.0. The molecule has 2 atom stereocenters. The summed E-state index contributed by atoms with van der Waals surface area (Å²) in [6.07, 6.45) is 11.9. The highest BCUT2D eigenvalue weighted by atomic mass is 16.6. The highest BCUT2D eigenvalue weighted by Gasteiger charge is 2.40. The molecule has 1 amide bonds. The van der Waals surface area contributed by atoms with Gasteiger partial charge in [-0.25, -0.2) is 4.79 Å². The topological polar surface area (TPSA) is 88.1 Å². The molecule has 0 aromatic carbocycles. The van der Waals surface area contributed by atoms with Crippen molar-refractivity contribution >= 4 is 12.4 Å². The van der Waals surface area contributed by atoms with Crippen molar-refractivity contribution in [1.82, 2.24) is 10.2 Å². The van der Waals surface area contributed by atoms with Crippen LogP contribution in [0.25, 0.3) is 0 Å². The van der Waals surface area contributed by atoms with Gasteiger partial charge in [-0.3, -0.25) is 4.79 Å². The lowest BCUT2D eigenvalue weighted by molar-refractivity contribution is -0.226. The Morgan fingerprint density at radius 2 is 2.11 bits per heavy atom. The highest BCUT2D eigenvalue weighted by molar-refractivity contribution is 5.82. The molecule has 0 aliphatic carbocycles. The van der Waals surface area contributed by atoms with E-state index in [9.17, 15) is 14.7 Å². The van der Waals surface area contributed by atoms with Gasteiger partial charge < -0.3 is 24.8 Å². The summed E-state index contributed by atoms with van der Waals surface area (Å²) >= 11 is 0. The summed E-state index contributed by atoms with van der Waals surface area (Å²) < 4.78 is 11.0. The fraction of sp³-hybridized carbons (Fsp3) is 0.619. The first-order chi connectivity index (χ1) is 13.3.